The monoisotopic (exact) mass is 426 g/mol. The maximum Gasteiger partial charge on any atom is 0.274 e. The van der Waals surface area contributed by atoms with Crippen LogP contribution >= 0.6 is 0 Å². The van der Waals surface area contributed by atoms with Crippen molar-refractivity contribution in [1.82, 2.24) is 30.4 Å². The number of hydrogen-bond acceptors (Lipinski definition) is 6. The fourth-order valence-corrected chi connectivity index (χ4v) is 4.39. The van der Waals surface area contributed by atoms with E-state index in [4.69, 9.17) is 4.74 Å². The van der Waals surface area contributed by atoms with Crippen LogP contribution in [0.15, 0.2) is 18.5 Å². The molecule has 166 valence electrons. The lowest BCUT2D eigenvalue weighted by Crippen LogP contribution is -2.46. The molecule has 1 saturated carbocycles. The number of ether oxygens (including phenoxy) is 1. The molecule has 0 aromatic carbocycles. The van der Waals surface area contributed by atoms with Crippen LogP contribution in [0.1, 0.15) is 55.9 Å². The Morgan fingerprint density at radius 3 is 2.55 bits per heavy atom. The molecule has 1 aliphatic heterocycles. The minimum absolute atomic E-state index is 0.0216. The lowest BCUT2D eigenvalue weighted by Gasteiger charge is -2.33. The van der Waals surface area contributed by atoms with Crippen LogP contribution in [-0.2, 0) is 4.79 Å². The molecule has 9 heteroatoms. The summed E-state index contributed by atoms with van der Waals surface area (Å²) >= 11 is 0. The third-order valence-electron chi connectivity index (χ3n) is 6.44. The SMILES string of the molecule is COc1cc(-c2cc(C(=O)N3CCC(C(=O)N[C@H]4CC[C@H](C)CC4)CC3)n[nH]2)ncn1. The average molecular weight is 427 g/mol. The van der Waals surface area contributed by atoms with Crippen molar-refractivity contribution in [2.45, 2.75) is 51.5 Å². The summed E-state index contributed by atoms with van der Waals surface area (Å²) in [6, 6.07) is 3.68. The number of aromatic amines is 1. The lowest BCUT2D eigenvalue weighted by molar-refractivity contribution is -0.127. The van der Waals surface area contributed by atoms with Gasteiger partial charge in [-0.1, -0.05) is 6.92 Å². The van der Waals surface area contributed by atoms with Crippen molar-refractivity contribution in [2.75, 3.05) is 20.2 Å². The zero-order valence-electron chi connectivity index (χ0n) is 18.1. The highest BCUT2D eigenvalue weighted by atomic mass is 16.5. The Kier molecular flexibility index (Phi) is 6.48. The molecule has 31 heavy (non-hydrogen) atoms. The molecule has 2 aromatic heterocycles. The summed E-state index contributed by atoms with van der Waals surface area (Å²) in [5, 5.41) is 10.3. The minimum atomic E-state index is -0.136. The third-order valence-corrected chi connectivity index (χ3v) is 6.44. The maximum absolute atomic E-state index is 12.9. The standard InChI is InChI=1S/C22H30N6O3/c1-14-3-5-16(6-4-14)25-21(29)15-7-9-28(10-8-15)22(30)19-11-18(26-27-19)17-12-20(31-2)24-13-23-17/h11-16H,3-10H2,1-2H3,(H,25,29)(H,26,27)/t14-,16-. The van der Waals surface area contributed by atoms with E-state index in [2.05, 4.69) is 32.4 Å². The van der Waals surface area contributed by atoms with E-state index in [0.717, 1.165) is 18.8 Å². The number of carbonyl (C=O) groups excluding carboxylic acids is 2. The molecule has 2 amide bonds. The quantitative estimate of drug-likeness (QED) is 0.759. The van der Waals surface area contributed by atoms with Crippen LogP contribution in [-0.4, -0.2) is 63.1 Å². The zero-order chi connectivity index (χ0) is 21.8. The van der Waals surface area contributed by atoms with Gasteiger partial charge >= 0.3 is 0 Å². The number of rotatable bonds is 5. The zero-order valence-corrected chi connectivity index (χ0v) is 18.1. The van der Waals surface area contributed by atoms with Gasteiger partial charge in [-0.2, -0.15) is 5.10 Å². The molecule has 2 N–H and O–H groups in total. The maximum atomic E-state index is 12.9. The van der Waals surface area contributed by atoms with Gasteiger partial charge in [0.25, 0.3) is 5.91 Å². The number of aromatic nitrogens is 4. The van der Waals surface area contributed by atoms with Crippen molar-refractivity contribution in [1.29, 1.82) is 0 Å². The van der Waals surface area contributed by atoms with Gasteiger partial charge in [-0.15, -0.1) is 0 Å². The summed E-state index contributed by atoms with van der Waals surface area (Å²) in [4.78, 5) is 35.5. The van der Waals surface area contributed by atoms with E-state index in [9.17, 15) is 9.59 Å². The Labute approximate surface area is 182 Å². The molecule has 2 aromatic rings. The molecule has 1 aliphatic carbocycles. The first-order chi connectivity index (χ1) is 15.0. The summed E-state index contributed by atoms with van der Waals surface area (Å²) in [5.74, 6) is 1.19. The first kappa shape index (κ1) is 21.3. The highest BCUT2D eigenvalue weighted by molar-refractivity contribution is 5.93. The number of hydrogen-bond donors (Lipinski definition) is 2. The molecule has 2 fully saturated rings. The van der Waals surface area contributed by atoms with Crippen LogP contribution in [0, 0.1) is 11.8 Å². The molecule has 0 spiro atoms. The topological polar surface area (TPSA) is 113 Å². The number of H-pyrrole nitrogens is 1. The van der Waals surface area contributed by atoms with Crippen LogP contribution in [0.5, 0.6) is 5.88 Å². The van der Waals surface area contributed by atoms with E-state index in [0.29, 0.717) is 54.9 Å². The van der Waals surface area contributed by atoms with Crippen LogP contribution in [0.2, 0.25) is 0 Å². The van der Waals surface area contributed by atoms with E-state index in [1.54, 1.807) is 17.0 Å². The number of carbonyl (C=O) groups is 2. The first-order valence-electron chi connectivity index (χ1n) is 11.0. The summed E-state index contributed by atoms with van der Waals surface area (Å²) in [6.07, 6.45) is 7.28. The largest absolute Gasteiger partial charge is 0.481 e. The number of methoxy groups -OCH3 is 1. The van der Waals surface area contributed by atoms with Crippen LogP contribution in [0.3, 0.4) is 0 Å². The predicted octanol–water partition coefficient (Wildman–Crippen LogP) is 2.42. The molecule has 3 heterocycles. The Morgan fingerprint density at radius 1 is 1.10 bits per heavy atom. The lowest BCUT2D eigenvalue weighted by atomic mass is 9.86. The second kappa shape index (κ2) is 9.45. The van der Waals surface area contributed by atoms with Gasteiger partial charge in [0.05, 0.1) is 18.5 Å². The predicted molar refractivity (Wildman–Crippen MR) is 114 cm³/mol. The van der Waals surface area contributed by atoms with Crippen molar-refractivity contribution < 1.29 is 14.3 Å². The van der Waals surface area contributed by atoms with E-state index in [1.165, 1.54) is 26.3 Å². The molecule has 1 saturated heterocycles. The molecule has 0 atom stereocenters. The van der Waals surface area contributed by atoms with Gasteiger partial charge in [-0.25, -0.2) is 9.97 Å². The second-order valence-electron chi connectivity index (χ2n) is 8.64. The number of nitrogens with zero attached hydrogens (tertiary/aromatic N) is 4. The van der Waals surface area contributed by atoms with Crippen LogP contribution in [0.4, 0.5) is 0 Å². The smallest absolute Gasteiger partial charge is 0.274 e. The minimum Gasteiger partial charge on any atom is -0.481 e. The number of likely N-dealkylation sites (tertiary alicyclic amines) is 1. The normalized spacial score (nSPS) is 22.2. The summed E-state index contributed by atoms with van der Waals surface area (Å²) < 4.78 is 5.11. The molecular weight excluding hydrogens is 396 g/mol. The van der Waals surface area contributed by atoms with E-state index in [-0.39, 0.29) is 17.7 Å². The number of nitrogens with one attached hydrogen (secondary N) is 2. The third kappa shape index (κ3) is 5.03. The van der Waals surface area contributed by atoms with Crippen molar-refractivity contribution in [2.24, 2.45) is 11.8 Å². The van der Waals surface area contributed by atoms with E-state index >= 15 is 0 Å². The van der Waals surface area contributed by atoms with Crippen LogP contribution < -0.4 is 10.1 Å². The van der Waals surface area contributed by atoms with Crippen LogP contribution in [0.25, 0.3) is 11.4 Å². The molecule has 9 nitrogen and oxygen atoms in total. The fourth-order valence-electron chi connectivity index (χ4n) is 4.39. The summed E-state index contributed by atoms with van der Waals surface area (Å²) in [6.45, 7) is 3.39. The van der Waals surface area contributed by atoms with Crippen molar-refractivity contribution in [3.63, 3.8) is 0 Å². The highest BCUT2D eigenvalue weighted by Crippen LogP contribution is 2.25. The number of amides is 2. The number of piperidine rings is 1. The van der Waals surface area contributed by atoms with Crippen molar-refractivity contribution >= 4 is 11.8 Å². The van der Waals surface area contributed by atoms with Gasteiger partial charge in [-0.3, -0.25) is 14.7 Å². The Balaban J connectivity index is 1.30. The summed E-state index contributed by atoms with van der Waals surface area (Å²) in [5.41, 5.74) is 1.57. The van der Waals surface area contributed by atoms with Gasteiger partial charge in [0.1, 0.15) is 6.33 Å². The average Bonchev–Trinajstić information content (AvgIpc) is 3.30. The molecule has 0 radical (unpaired) electrons. The molecular formula is C22H30N6O3. The van der Waals surface area contributed by atoms with Gasteiger partial charge < -0.3 is 15.0 Å². The van der Waals surface area contributed by atoms with Gasteiger partial charge in [0, 0.05) is 31.1 Å². The van der Waals surface area contributed by atoms with Crippen molar-refractivity contribution in [3.8, 4) is 17.3 Å². The summed E-state index contributed by atoms with van der Waals surface area (Å²) in [7, 11) is 1.54. The molecule has 0 bridgehead atoms. The van der Waals surface area contributed by atoms with Gasteiger partial charge in [-0.05, 0) is 50.5 Å². The van der Waals surface area contributed by atoms with Gasteiger partial charge in [0.15, 0.2) is 5.69 Å². The van der Waals surface area contributed by atoms with Gasteiger partial charge in [0.2, 0.25) is 11.8 Å². The van der Waals surface area contributed by atoms with E-state index in [1.807, 2.05) is 0 Å². The van der Waals surface area contributed by atoms with Crippen molar-refractivity contribution in [3.05, 3.63) is 24.2 Å². The molecule has 4 rings (SSSR count). The molecule has 0 unspecified atom stereocenters. The second-order valence-corrected chi connectivity index (χ2v) is 8.64. The Morgan fingerprint density at radius 2 is 1.84 bits per heavy atom. The first-order valence-corrected chi connectivity index (χ1v) is 11.0. The van der Waals surface area contributed by atoms with E-state index < -0.39 is 0 Å². The molecule has 2 aliphatic rings. The fraction of sp³-hybridized carbons (Fsp3) is 0.591. The highest BCUT2D eigenvalue weighted by Gasteiger charge is 2.30. The Hall–Kier alpha value is -2.97. The Bertz CT molecular complexity index is 913.